The van der Waals surface area contributed by atoms with Gasteiger partial charge >= 0.3 is 5.97 Å². The van der Waals surface area contributed by atoms with Crippen LogP contribution in [0.1, 0.15) is 28.7 Å². The molecule has 0 spiro atoms. The first-order valence-corrected chi connectivity index (χ1v) is 4.76. The maximum absolute atomic E-state index is 10.9. The van der Waals surface area contributed by atoms with Crippen molar-refractivity contribution in [1.29, 1.82) is 0 Å². The number of hydrogen-bond acceptors (Lipinski definition) is 3. The molecule has 0 radical (unpaired) electrons. The second-order valence-corrected chi connectivity index (χ2v) is 3.32. The zero-order valence-corrected chi connectivity index (χ0v) is 8.08. The van der Waals surface area contributed by atoms with E-state index in [1.807, 2.05) is 6.92 Å². The highest BCUT2D eigenvalue weighted by molar-refractivity contribution is 5.87. The minimum atomic E-state index is -0.933. The van der Waals surface area contributed by atoms with Gasteiger partial charge in [-0.15, -0.1) is 0 Å². The van der Waals surface area contributed by atoms with Crippen LogP contribution in [-0.4, -0.2) is 27.4 Å². The zero-order chi connectivity index (χ0) is 10.1. The van der Waals surface area contributed by atoms with Crippen LogP contribution in [0.5, 0.6) is 0 Å². The van der Waals surface area contributed by atoms with Crippen LogP contribution in [0.3, 0.4) is 0 Å². The van der Waals surface area contributed by atoms with Crippen LogP contribution in [0.4, 0.5) is 0 Å². The van der Waals surface area contributed by atoms with Crippen LogP contribution in [0.15, 0.2) is 0 Å². The minimum Gasteiger partial charge on any atom is -0.476 e. The number of hydrogen-bond donors (Lipinski definition) is 2. The molecule has 1 aliphatic rings. The van der Waals surface area contributed by atoms with E-state index in [1.54, 1.807) is 4.68 Å². The molecule has 5 heteroatoms. The van der Waals surface area contributed by atoms with Crippen molar-refractivity contribution in [2.45, 2.75) is 26.4 Å². The molecule has 76 valence electrons. The predicted molar refractivity (Wildman–Crippen MR) is 50.3 cm³/mol. The van der Waals surface area contributed by atoms with Crippen molar-refractivity contribution in [3.8, 4) is 0 Å². The van der Waals surface area contributed by atoms with Crippen LogP contribution >= 0.6 is 0 Å². The molecule has 2 rings (SSSR count). The summed E-state index contributed by atoms with van der Waals surface area (Å²) in [6.45, 7) is 4.23. The molecule has 1 aromatic rings. The summed E-state index contributed by atoms with van der Waals surface area (Å²) in [7, 11) is 0. The second-order valence-electron chi connectivity index (χ2n) is 3.32. The van der Waals surface area contributed by atoms with Crippen LogP contribution in [0.25, 0.3) is 0 Å². The normalized spacial score (nSPS) is 15.2. The number of nitrogens with one attached hydrogen (secondary N) is 1. The summed E-state index contributed by atoms with van der Waals surface area (Å²) in [6.07, 6.45) is 0.865. The molecule has 0 aromatic carbocycles. The van der Waals surface area contributed by atoms with Crippen LogP contribution in [0.2, 0.25) is 0 Å². The van der Waals surface area contributed by atoms with E-state index in [9.17, 15) is 4.79 Å². The summed E-state index contributed by atoms with van der Waals surface area (Å²) in [5.74, 6) is -0.933. The van der Waals surface area contributed by atoms with Gasteiger partial charge in [0.25, 0.3) is 0 Å². The van der Waals surface area contributed by atoms with Crippen molar-refractivity contribution in [2.24, 2.45) is 0 Å². The molecular formula is C9H13N3O2. The van der Waals surface area contributed by atoms with Crippen molar-refractivity contribution >= 4 is 5.97 Å². The summed E-state index contributed by atoms with van der Waals surface area (Å²) in [4.78, 5) is 10.9. The van der Waals surface area contributed by atoms with E-state index >= 15 is 0 Å². The molecule has 0 saturated carbocycles. The first-order valence-electron chi connectivity index (χ1n) is 4.76. The van der Waals surface area contributed by atoms with Gasteiger partial charge in [-0.2, -0.15) is 5.10 Å². The van der Waals surface area contributed by atoms with Gasteiger partial charge in [-0.05, 0) is 6.92 Å². The van der Waals surface area contributed by atoms with Crippen molar-refractivity contribution in [1.82, 2.24) is 15.1 Å². The molecule has 0 fully saturated rings. The number of nitrogens with zero attached hydrogens (tertiary/aromatic N) is 2. The monoisotopic (exact) mass is 195 g/mol. The standard InChI is InChI=1S/C9H13N3O2/c1-2-12-7-3-4-10-5-6(7)8(11-12)9(13)14/h10H,2-5H2,1H3,(H,13,14). The summed E-state index contributed by atoms with van der Waals surface area (Å²) < 4.78 is 1.79. The van der Waals surface area contributed by atoms with E-state index in [-0.39, 0.29) is 5.69 Å². The third-order valence-electron chi connectivity index (χ3n) is 2.51. The van der Waals surface area contributed by atoms with Gasteiger partial charge in [-0.25, -0.2) is 4.79 Å². The average Bonchev–Trinajstić information content (AvgIpc) is 2.56. The minimum absolute atomic E-state index is 0.203. The lowest BCUT2D eigenvalue weighted by atomic mass is 10.1. The number of aryl methyl sites for hydroxylation is 1. The Balaban J connectivity index is 2.52. The lowest BCUT2D eigenvalue weighted by Gasteiger charge is -2.14. The molecule has 0 saturated heterocycles. The van der Waals surface area contributed by atoms with E-state index in [0.717, 1.165) is 30.8 Å². The van der Waals surface area contributed by atoms with E-state index in [0.29, 0.717) is 6.54 Å². The first-order chi connectivity index (χ1) is 6.74. The molecule has 0 amide bonds. The van der Waals surface area contributed by atoms with Gasteiger partial charge in [-0.3, -0.25) is 4.68 Å². The smallest absolute Gasteiger partial charge is 0.356 e. The molecule has 1 aromatic heterocycles. The molecule has 2 heterocycles. The Kier molecular flexibility index (Phi) is 2.25. The van der Waals surface area contributed by atoms with Crippen molar-refractivity contribution < 1.29 is 9.90 Å². The number of carboxylic acid groups (broad SMARTS) is 1. The third-order valence-corrected chi connectivity index (χ3v) is 2.51. The van der Waals surface area contributed by atoms with Crippen molar-refractivity contribution in [2.75, 3.05) is 6.54 Å². The van der Waals surface area contributed by atoms with Crippen molar-refractivity contribution in [3.05, 3.63) is 17.0 Å². The largest absolute Gasteiger partial charge is 0.476 e. The molecule has 5 nitrogen and oxygen atoms in total. The Morgan fingerprint density at radius 1 is 1.71 bits per heavy atom. The van der Waals surface area contributed by atoms with Gasteiger partial charge in [0.2, 0.25) is 0 Å². The number of aromatic carboxylic acids is 1. The van der Waals surface area contributed by atoms with E-state index in [1.165, 1.54) is 0 Å². The van der Waals surface area contributed by atoms with Gasteiger partial charge in [-0.1, -0.05) is 0 Å². The van der Waals surface area contributed by atoms with Gasteiger partial charge in [0.05, 0.1) is 0 Å². The highest BCUT2D eigenvalue weighted by Gasteiger charge is 2.23. The highest BCUT2D eigenvalue weighted by atomic mass is 16.4. The quantitative estimate of drug-likeness (QED) is 0.709. The first kappa shape index (κ1) is 9.21. The van der Waals surface area contributed by atoms with E-state index in [2.05, 4.69) is 10.4 Å². The SMILES string of the molecule is CCn1nc(C(=O)O)c2c1CCNC2. The lowest BCUT2D eigenvalue weighted by Crippen LogP contribution is -2.25. The van der Waals surface area contributed by atoms with Gasteiger partial charge < -0.3 is 10.4 Å². The van der Waals surface area contributed by atoms with Gasteiger partial charge in [0.1, 0.15) is 0 Å². The second kappa shape index (κ2) is 3.42. The van der Waals surface area contributed by atoms with E-state index < -0.39 is 5.97 Å². The molecule has 14 heavy (non-hydrogen) atoms. The third kappa shape index (κ3) is 1.29. The fraction of sp³-hybridized carbons (Fsp3) is 0.556. The van der Waals surface area contributed by atoms with E-state index in [4.69, 9.17) is 5.11 Å². The number of fused-ring (bicyclic) bond motifs is 1. The average molecular weight is 195 g/mol. The molecule has 2 N–H and O–H groups in total. The fourth-order valence-electron chi connectivity index (χ4n) is 1.85. The Morgan fingerprint density at radius 2 is 2.50 bits per heavy atom. The Labute approximate surface area is 81.7 Å². The summed E-state index contributed by atoms with van der Waals surface area (Å²) in [6, 6.07) is 0. The maximum Gasteiger partial charge on any atom is 0.356 e. The molecule has 0 aliphatic carbocycles. The number of aromatic nitrogens is 2. The predicted octanol–water partition coefficient (Wildman–Crippen LogP) is 0.247. The van der Waals surface area contributed by atoms with Crippen molar-refractivity contribution in [3.63, 3.8) is 0 Å². The molecule has 0 unspecified atom stereocenters. The number of carboxylic acids is 1. The summed E-state index contributed by atoms with van der Waals surface area (Å²) >= 11 is 0. The van der Waals surface area contributed by atoms with Crippen LogP contribution in [0, 0.1) is 0 Å². The molecule has 0 atom stereocenters. The number of carbonyl (C=O) groups is 1. The Hall–Kier alpha value is -1.36. The number of rotatable bonds is 2. The summed E-state index contributed by atoms with van der Waals surface area (Å²) in [5, 5.41) is 16.2. The lowest BCUT2D eigenvalue weighted by molar-refractivity contribution is 0.0688. The Bertz CT molecular complexity index is 370. The van der Waals surface area contributed by atoms with Crippen LogP contribution in [-0.2, 0) is 19.5 Å². The maximum atomic E-state index is 10.9. The fourth-order valence-corrected chi connectivity index (χ4v) is 1.85. The molecular weight excluding hydrogens is 182 g/mol. The van der Waals surface area contributed by atoms with Crippen LogP contribution < -0.4 is 5.32 Å². The highest BCUT2D eigenvalue weighted by Crippen LogP contribution is 2.18. The zero-order valence-electron chi connectivity index (χ0n) is 8.08. The Morgan fingerprint density at radius 3 is 3.14 bits per heavy atom. The topological polar surface area (TPSA) is 67.2 Å². The molecule has 0 bridgehead atoms. The molecule has 1 aliphatic heterocycles. The van der Waals surface area contributed by atoms with Gasteiger partial charge in [0, 0.05) is 37.3 Å². The summed E-state index contributed by atoms with van der Waals surface area (Å²) in [5.41, 5.74) is 2.13. The van der Waals surface area contributed by atoms with Gasteiger partial charge in [0.15, 0.2) is 5.69 Å².